The third kappa shape index (κ3) is 2.45. The van der Waals surface area contributed by atoms with Crippen molar-refractivity contribution in [3.05, 3.63) is 58.9 Å². The standard InChI is InChI=1S/C15H17NO2/c1-3-16-13(8-9-14(16)15(17)18)10-12-6-4-11(2)5-7-12/h4-9H,3,10H2,1-2H3,(H,17,18). The average molecular weight is 243 g/mol. The first kappa shape index (κ1) is 12.4. The van der Waals surface area contributed by atoms with Crippen molar-refractivity contribution in [3.8, 4) is 0 Å². The minimum atomic E-state index is -0.869. The zero-order valence-corrected chi connectivity index (χ0v) is 10.7. The number of hydrogen-bond acceptors (Lipinski definition) is 1. The molecule has 0 amide bonds. The highest BCUT2D eigenvalue weighted by Gasteiger charge is 2.12. The first-order valence-electron chi connectivity index (χ1n) is 6.09. The summed E-state index contributed by atoms with van der Waals surface area (Å²) in [6.07, 6.45) is 0.765. The van der Waals surface area contributed by atoms with Gasteiger partial charge in [-0.05, 0) is 31.5 Å². The Morgan fingerprint density at radius 2 is 1.83 bits per heavy atom. The van der Waals surface area contributed by atoms with Gasteiger partial charge < -0.3 is 9.67 Å². The fraction of sp³-hybridized carbons (Fsp3) is 0.267. The molecule has 0 bridgehead atoms. The van der Waals surface area contributed by atoms with Crippen LogP contribution < -0.4 is 0 Å². The number of carboxylic acid groups (broad SMARTS) is 1. The summed E-state index contributed by atoms with van der Waals surface area (Å²) in [6, 6.07) is 11.9. The Labute approximate surface area is 107 Å². The number of aromatic nitrogens is 1. The smallest absolute Gasteiger partial charge is 0.352 e. The largest absolute Gasteiger partial charge is 0.477 e. The topological polar surface area (TPSA) is 42.2 Å². The van der Waals surface area contributed by atoms with Crippen molar-refractivity contribution in [2.45, 2.75) is 26.8 Å². The van der Waals surface area contributed by atoms with Crippen LogP contribution in [-0.2, 0) is 13.0 Å². The number of carboxylic acids is 1. The van der Waals surface area contributed by atoms with Crippen LogP contribution in [0.25, 0.3) is 0 Å². The second-order valence-corrected chi connectivity index (χ2v) is 4.42. The molecule has 0 aliphatic carbocycles. The van der Waals surface area contributed by atoms with Gasteiger partial charge in [0.25, 0.3) is 0 Å². The van der Waals surface area contributed by atoms with E-state index in [1.165, 1.54) is 11.1 Å². The van der Waals surface area contributed by atoms with Gasteiger partial charge in [0.05, 0.1) is 0 Å². The zero-order chi connectivity index (χ0) is 13.1. The van der Waals surface area contributed by atoms with E-state index >= 15 is 0 Å². The van der Waals surface area contributed by atoms with Crippen molar-refractivity contribution in [1.29, 1.82) is 0 Å². The lowest BCUT2D eigenvalue weighted by molar-refractivity contribution is 0.0685. The lowest BCUT2D eigenvalue weighted by Gasteiger charge is -2.09. The van der Waals surface area contributed by atoms with Crippen LogP contribution in [-0.4, -0.2) is 15.6 Å². The van der Waals surface area contributed by atoms with Crippen molar-refractivity contribution in [2.75, 3.05) is 0 Å². The summed E-state index contributed by atoms with van der Waals surface area (Å²) in [4.78, 5) is 11.1. The minimum absolute atomic E-state index is 0.361. The summed E-state index contributed by atoms with van der Waals surface area (Å²) >= 11 is 0. The van der Waals surface area contributed by atoms with Gasteiger partial charge in [-0.15, -0.1) is 0 Å². The highest BCUT2D eigenvalue weighted by Crippen LogP contribution is 2.15. The van der Waals surface area contributed by atoms with Gasteiger partial charge in [0, 0.05) is 18.7 Å². The van der Waals surface area contributed by atoms with E-state index in [2.05, 4.69) is 31.2 Å². The minimum Gasteiger partial charge on any atom is -0.477 e. The molecule has 0 saturated heterocycles. The van der Waals surface area contributed by atoms with E-state index in [1.54, 1.807) is 6.07 Å². The molecule has 1 N–H and O–H groups in total. The molecule has 0 saturated carbocycles. The van der Waals surface area contributed by atoms with Crippen molar-refractivity contribution < 1.29 is 9.90 Å². The number of carbonyl (C=O) groups is 1. The Hall–Kier alpha value is -2.03. The molecule has 2 aromatic rings. The van der Waals surface area contributed by atoms with E-state index in [-0.39, 0.29) is 0 Å². The van der Waals surface area contributed by atoms with E-state index in [0.717, 1.165) is 12.1 Å². The number of rotatable bonds is 4. The van der Waals surface area contributed by atoms with Gasteiger partial charge in [0.2, 0.25) is 0 Å². The highest BCUT2D eigenvalue weighted by molar-refractivity contribution is 5.86. The third-order valence-electron chi connectivity index (χ3n) is 3.11. The maximum Gasteiger partial charge on any atom is 0.352 e. The van der Waals surface area contributed by atoms with Crippen molar-refractivity contribution in [1.82, 2.24) is 4.57 Å². The summed E-state index contributed by atoms with van der Waals surface area (Å²) in [5.74, 6) is -0.869. The van der Waals surface area contributed by atoms with Gasteiger partial charge in [0.15, 0.2) is 0 Å². The van der Waals surface area contributed by atoms with Gasteiger partial charge in [-0.3, -0.25) is 0 Å². The Balaban J connectivity index is 2.29. The number of hydrogen-bond donors (Lipinski definition) is 1. The molecular formula is C15H17NO2. The lowest BCUT2D eigenvalue weighted by atomic mass is 10.1. The summed E-state index contributed by atoms with van der Waals surface area (Å²) in [6.45, 7) is 4.70. The molecule has 3 nitrogen and oxygen atoms in total. The predicted octanol–water partition coefficient (Wildman–Crippen LogP) is 3.11. The van der Waals surface area contributed by atoms with E-state index in [9.17, 15) is 4.79 Å². The lowest BCUT2D eigenvalue weighted by Crippen LogP contribution is -2.10. The molecule has 18 heavy (non-hydrogen) atoms. The molecule has 0 radical (unpaired) electrons. The number of aryl methyl sites for hydroxylation is 1. The molecule has 2 rings (SSSR count). The van der Waals surface area contributed by atoms with Gasteiger partial charge in [-0.1, -0.05) is 29.8 Å². The van der Waals surface area contributed by atoms with E-state index in [4.69, 9.17) is 5.11 Å². The number of benzene rings is 1. The molecule has 0 fully saturated rings. The predicted molar refractivity (Wildman–Crippen MR) is 71.1 cm³/mol. The molecule has 0 spiro atoms. The average Bonchev–Trinajstić information content (AvgIpc) is 2.75. The van der Waals surface area contributed by atoms with Crippen LogP contribution >= 0.6 is 0 Å². The fourth-order valence-corrected chi connectivity index (χ4v) is 2.14. The molecule has 1 aromatic carbocycles. The van der Waals surface area contributed by atoms with Crippen LogP contribution in [0.1, 0.15) is 34.2 Å². The Bertz CT molecular complexity index is 552. The molecule has 0 aliphatic rings. The quantitative estimate of drug-likeness (QED) is 0.896. The normalized spacial score (nSPS) is 10.6. The molecule has 0 atom stereocenters. The zero-order valence-electron chi connectivity index (χ0n) is 10.7. The first-order chi connectivity index (χ1) is 8.61. The van der Waals surface area contributed by atoms with Crippen LogP contribution in [0.15, 0.2) is 36.4 Å². The fourth-order valence-electron chi connectivity index (χ4n) is 2.14. The van der Waals surface area contributed by atoms with Crippen LogP contribution in [0.2, 0.25) is 0 Å². The summed E-state index contributed by atoms with van der Waals surface area (Å²) in [5.41, 5.74) is 3.83. The molecule has 1 aromatic heterocycles. The van der Waals surface area contributed by atoms with Crippen molar-refractivity contribution >= 4 is 5.97 Å². The Kier molecular flexibility index (Phi) is 3.51. The third-order valence-corrected chi connectivity index (χ3v) is 3.11. The van der Waals surface area contributed by atoms with Gasteiger partial charge in [-0.25, -0.2) is 4.79 Å². The molecule has 94 valence electrons. The molecule has 1 heterocycles. The summed E-state index contributed by atoms with van der Waals surface area (Å²) in [5, 5.41) is 9.09. The molecule has 0 aliphatic heterocycles. The molecule has 0 unspecified atom stereocenters. The van der Waals surface area contributed by atoms with Crippen LogP contribution in [0.4, 0.5) is 0 Å². The maximum atomic E-state index is 11.1. The Morgan fingerprint density at radius 1 is 1.17 bits per heavy atom. The van der Waals surface area contributed by atoms with Gasteiger partial charge >= 0.3 is 5.97 Å². The van der Waals surface area contributed by atoms with Crippen molar-refractivity contribution in [2.24, 2.45) is 0 Å². The Morgan fingerprint density at radius 3 is 2.39 bits per heavy atom. The molecule has 3 heteroatoms. The van der Waals surface area contributed by atoms with E-state index in [1.807, 2.05) is 17.6 Å². The monoisotopic (exact) mass is 243 g/mol. The van der Waals surface area contributed by atoms with Crippen molar-refractivity contribution in [3.63, 3.8) is 0 Å². The summed E-state index contributed by atoms with van der Waals surface area (Å²) < 4.78 is 1.85. The van der Waals surface area contributed by atoms with Crippen LogP contribution in [0.5, 0.6) is 0 Å². The SMILES string of the molecule is CCn1c(Cc2ccc(C)cc2)ccc1C(=O)O. The van der Waals surface area contributed by atoms with Gasteiger partial charge in [-0.2, -0.15) is 0 Å². The second kappa shape index (κ2) is 5.08. The van der Waals surface area contributed by atoms with Crippen LogP contribution in [0.3, 0.4) is 0 Å². The van der Waals surface area contributed by atoms with E-state index in [0.29, 0.717) is 12.2 Å². The van der Waals surface area contributed by atoms with Crippen LogP contribution in [0, 0.1) is 6.92 Å². The summed E-state index contributed by atoms with van der Waals surface area (Å²) in [7, 11) is 0. The van der Waals surface area contributed by atoms with E-state index < -0.39 is 5.97 Å². The molecular weight excluding hydrogens is 226 g/mol. The maximum absolute atomic E-state index is 11.1. The second-order valence-electron chi connectivity index (χ2n) is 4.42. The first-order valence-corrected chi connectivity index (χ1v) is 6.09. The number of aromatic carboxylic acids is 1. The van der Waals surface area contributed by atoms with Gasteiger partial charge in [0.1, 0.15) is 5.69 Å². The highest BCUT2D eigenvalue weighted by atomic mass is 16.4. The number of nitrogens with zero attached hydrogens (tertiary/aromatic N) is 1.